The van der Waals surface area contributed by atoms with E-state index in [-0.39, 0.29) is 11.7 Å². The second-order valence-corrected chi connectivity index (χ2v) is 5.41. The maximum Gasteiger partial charge on any atom is 0.258 e. The van der Waals surface area contributed by atoms with Crippen LogP contribution in [0.15, 0.2) is 36.4 Å². The zero-order valence-corrected chi connectivity index (χ0v) is 11.9. The van der Waals surface area contributed by atoms with E-state index in [9.17, 15) is 9.18 Å². The molecule has 0 spiro atoms. The van der Waals surface area contributed by atoms with Gasteiger partial charge in [-0.3, -0.25) is 4.79 Å². The van der Waals surface area contributed by atoms with Crippen molar-refractivity contribution in [2.75, 3.05) is 17.2 Å². The number of nitrogens with zero attached hydrogens (tertiary/aromatic N) is 1. The summed E-state index contributed by atoms with van der Waals surface area (Å²) in [7, 11) is 0. The van der Waals surface area contributed by atoms with Crippen LogP contribution in [-0.4, -0.2) is 12.5 Å². The first-order valence-electron chi connectivity index (χ1n) is 7.02. The van der Waals surface area contributed by atoms with Crippen LogP contribution in [-0.2, 0) is 6.42 Å². The molecule has 2 N–H and O–H groups in total. The zero-order chi connectivity index (χ0) is 15.0. The number of benzene rings is 2. The molecule has 1 heterocycles. The lowest BCUT2D eigenvalue weighted by Gasteiger charge is -2.30. The first-order chi connectivity index (χ1) is 10.1. The fourth-order valence-corrected chi connectivity index (χ4v) is 2.84. The summed E-state index contributed by atoms with van der Waals surface area (Å²) < 4.78 is 13.2. The van der Waals surface area contributed by atoms with Gasteiger partial charge in [0.05, 0.1) is 0 Å². The van der Waals surface area contributed by atoms with E-state index in [1.54, 1.807) is 17.9 Å². The molecule has 0 saturated heterocycles. The van der Waals surface area contributed by atoms with Gasteiger partial charge < -0.3 is 10.6 Å². The summed E-state index contributed by atoms with van der Waals surface area (Å²) in [6.45, 7) is 2.43. The topological polar surface area (TPSA) is 46.3 Å². The lowest BCUT2D eigenvalue weighted by molar-refractivity contribution is 0.0984. The molecule has 4 heteroatoms. The van der Waals surface area contributed by atoms with Gasteiger partial charge in [-0.05, 0) is 67.3 Å². The lowest BCUT2D eigenvalue weighted by atomic mass is 9.99. The normalized spacial score (nSPS) is 13.9. The summed E-state index contributed by atoms with van der Waals surface area (Å²) >= 11 is 0. The number of carbonyl (C=O) groups excluding carboxylic acids is 1. The minimum atomic E-state index is -0.323. The first kappa shape index (κ1) is 13.6. The van der Waals surface area contributed by atoms with Crippen molar-refractivity contribution in [3.63, 3.8) is 0 Å². The summed E-state index contributed by atoms with van der Waals surface area (Å²) in [6.07, 6.45) is 1.83. The fourth-order valence-electron chi connectivity index (χ4n) is 2.84. The average molecular weight is 284 g/mol. The molecule has 1 aliphatic rings. The van der Waals surface area contributed by atoms with Crippen LogP contribution in [0.2, 0.25) is 0 Å². The van der Waals surface area contributed by atoms with Gasteiger partial charge in [-0.2, -0.15) is 0 Å². The number of rotatable bonds is 1. The summed E-state index contributed by atoms with van der Waals surface area (Å²) in [5, 5.41) is 0. The Kier molecular flexibility index (Phi) is 3.37. The Morgan fingerprint density at radius 2 is 2.05 bits per heavy atom. The third-order valence-electron chi connectivity index (χ3n) is 3.89. The molecule has 2 aromatic rings. The molecule has 0 saturated carbocycles. The number of amides is 1. The van der Waals surface area contributed by atoms with Crippen LogP contribution in [0.25, 0.3) is 0 Å². The van der Waals surface area contributed by atoms with Gasteiger partial charge in [0.15, 0.2) is 0 Å². The zero-order valence-electron chi connectivity index (χ0n) is 11.9. The molecule has 1 aliphatic heterocycles. The molecular weight excluding hydrogens is 267 g/mol. The number of halogens is 1. The molecule has 0 atom stereocenters. The standard InChI is InChI=1S/C17H17FN2O/c1-11-9-13(18)4-6-15(11)17(21)20-8-2-3-12-10-14(19)5-7-16(12)20/h4-7,9-10H,2-3,8,19H2,1H3. The fraction of sp³-hybridized carbons (Fsp3) is 0.235. The molecule has 0 bridgehead atoms. The Balaban J connectivity index is 2.00. The molecule has 1 amide bonds. The summed E-state index contributed by atoms with van der Waals surface area (Å²) in [5.41, 5.74) is 9.72. The van der Waals surface area contributed by atoms with Crippen molar-refractivity contribution in [3.8, 4) is 0 Å². The maximum atomic E-state index is 13.2. The quantitative estimate of drug-likeness (QED) is 0.817. The van der Waals surface area contributed by atoms with E-state index in [0.29, 0.717) is 23.4 Å². The van der Waals surface area contributed by atoms with Crippen molar-refractivity contribution in [2.24, 2.45) is 0 Å². The summed E-state index contributed by atoms with van der Waals surface area (Å²) in [6, 6.07) is 9.89. The molecule has 0 radical (unpaired) electrons. The monoisotopic (exact) mass is 284 g/mol. The molecule has 108 valence electrons. The van der Waals surface area contributed by atoms with Crippen molar-refractivity contribution >= 4 is 17.3 Å². The third-order valence-corrected chi connectivity index (χ3v) is 3.89. The van der Waals surface area contributed by atoms with E-state index in [0.717, 1.165) is 24.1 Å². The van der Waals surface area contributed by atoms with E-state index in [4.69, 9.17) is 5.73 Å². The van der Waals surface area contributed by atoms with E-state index in [2.05, 4.69) is 0 Å². The van der Waals surface area contributed by atoms with Crippen LogP contribution in [0.1, 0.15) is 27.9 Å². The molecule has 0 unspecified atom stereocenters. The van der Waals surface area contributed by atoms with Gasteiger partial charge >= 0.3 is 0 Å². The predicted octanol–water partition coefficient (Wildman–Crippen LogP) is 3.31. The van der Waals surface area contributed by atoms with E-state index >= 15 is 0 Å². The summed E-state index contributed by atoms with van der Waals surface area (Å²) in [5.74, 6) is -0.408. The van der Waals surface area contributed by atoms with Crippen LogP contribution in [0, 0.1) is 12.7 Å². The minimum absolute atomic E-state index is 0.0850. The van der Waals surface area contributed by atoms with Gasteiger partial charge in [0.2, 0.25) is 0 Å². The molecule has 0 aromatic heterocycles. The van der Waals surface area contributed by atoms with Gasteiger partial charge in [-0.15, -0.1) is 0 Å². The van der Waals surface area contributed by atoms with Crippen LogP contribution in [0.3, 0.4) is 0 Å². The number of hydrogen-bond donors (Lipinski definition) is 1. The summed E-state index contributed by atoms with van der Waals surface area (Å²) in [4.78, 5) is 14.5. The van der Waals surface area contributed by atoms with Crippen LogP contribution in [0.4, 0.5) is 15.8 Å². The van der Waals surface area contributed by atoms with Gasteiger partial charge in [0.1, 0.15) is 5.82 Å². The number of hydrogen-bond acceptors (Lipinski definition) is 2. The van der Waals surface area contributed by atoms with Gasteiger partial charge in [0, 0.05) is 23.5 Å². The third kappa shape index (κ3) is 2.49. The van der Waals surface area contributed by atoms with Crippen LogP contribution < -0.4 is 10.6 Å². The second-order valence-electron chi connectivity index (χ2n) is 5.41. The van der Waals surface area contributed by atoms with Crippen molar-refractivity contribution < 1.29 is 9.18 Å². The highest BCUT2D eigenvalue weighted by Crippen LogP contribution is 2.30. The number of aryl methyl sites for hydroxylation is 2. The van der Waals surface area contributed by atoms with E-state index in [1.807, 2.05) is 18.2 Å². The highest BCUT2D eigenvalue weighted by molar-refractivity contribution is 6.07. The molecule has 3 nitrogen and oxygen atoms in total. The second kappa shape index (κ2) is 5.20. The Hall–Kier alpha value is -2.36. The van der Waals surface area contributed by atoms with Crippen molar-refractivity contribution in [3.05, 3.63) is 58.9 Å². The highest BCUT2D eigenvalue weighted by atomic mass is 19.1. The number of anilines is 2. The SMILES string of the molecule is Cc1cc(F)ccc1C(=O)N1CCCc2cc(N)ccc21. The molecule has 3 rings (SSSR count). The number of nitrogens with two attached hydrogens (primary N) is 1. The average Bonchev–Trinajstić information content (AvgIpc) is 2.45. The highest BCUT2D eigenvalue weighted by Gasteiger charge is 2.24. The minimum Gasteiger partial charge on any atom is -0.399 e. The number of nitrogen functional groups attached to an aromatic ring is 1. The van der Waals surface area contributed by atoms with Gasteiger partial charge in [0.25, 0.3) is 5.91 Å². The van der Waals surface area contributed by atoms with Crippen molar-refractivity contribution in [1.29, 1.82) is 0 Å². The molecule has 2 aromatic carbocycles. The molecular formula is C17H17FN2O. The van der Waals surface area contributed by atoms with Crippen molar-refractivity contribution in [2.45, 2.75) is 19.8 Å². The predicted molar refractivity (Wildman–Crippen MR) is 82.0 cm³/mol. The number of carbonyl (C=O) groups is 1. The molecule has 21 heavy (non-hydrogen) atoms. The first-order valence-corrected chi connectivity index (χ1v) is 7.02. The Morgan fingerprint density at radius 3 is 2.81 bits per heavy atom. The number of fused-ring (bicyclic) bond motifs is 1. The van der Waals surface area contributed by atoms with E-state index < -0.39 is 0 Å². The lowest BCUT2D eigenvalue weighted by Crippen LogP contribution is -2.35. The Morgan fingerprint density at radius 1 is 1.24 bits per heavy atom. The van der Waals surface area contributed by atoms with Gasteiger partial charge in [-0.1, -0.05) is 0 Å². The van der Waals surface area contributed by atoms with Crippen LogP contribution >= 0.6 is 0 Å². The van der Waals surface area contributed by atoms with E-state index in [1.165, 1.54) is 12.1 Å². The Bertz CT molecular complexity index is 712. The maximum absolute atomic E-state index is 13.2. The van der Waals surface area contributed by atoms with Gasteiger partial charge in [-0.25, -0.2) is 4.39 Å². The largest absolute Gasteiger partial charge is 0.399 e. The Labute approximate surface area is 123 Å². The van der Waals surface area contributed by atoms with Crippen LogP contribution in [0.5, 0.6) is 0 Å². The smallest absolute Gasteiger partial charge is 0.258 e. The molecule has 0 fully saturated rings. The van der Waals surface area contributed by atoms with Crippen molar-refractivity contribution in [1.82, 2.24) is 0 Å². The molecule has 0 aliphatic carbocycles.